The maximum Gasteiger partial charge on any atom is 0.321 e. The van der Waals surface area contributed by atoms with Crippen molar-refractivity contribution >= 4 is 11.7 Å². The van der Waals surface area contributed by atoms with Gasteiger partial charge in [0.2, 0.25) is 0 Å². The number of piperidine rings is 1. The Hall–Kier alpha value is -2.57. The molecule has 0 bridgehead atoms. The molecule has 1 aliphatic heterocycles. The monoisotopic (exact) mass is 383 g/mol. The molecule has 1 fully saturated rings. The van der Waals surface area contributed by atoms with E-state index in [0.29, 0.717) is 24.5 Å². The quantitative estimate of drug-likeness (QED) is 0.799. The van der Waals surface area contributed by atoms with Gasteiger partial charge in [-0.05, 0) is 51.2 Å². The van der Waals surface area contributed by atoms with Crippen molar-refractivity contribution in [2.24, 2.45) is 5.41 Å². The van der Waals surface area contributed by atoms with Gasteiger partial charge >= 0.3 is 6.03 Å². The number of urea groups is 1. The van der Waals surface area contributed by atoms with Gasteiger partial charge in [0.25, 0.3) is 0 Å². The molecular weight excluding hydrogens is 354 g/mol. The number of rotatable bonds is 6. The van der Waals surface area contributed by atoms with Crippen LogP contribution in [0.1, 0.15) is 12.8 Å². The third-order valence-electron chi connectivity index (χ3n) is 5.00. The zero-order chi connectivity index (χ0) is 20.0. The van der Waals surface area contributed by atoms with E-state index in [4.69, 9.17) is 4.74 Å². The highest BCUT2D eigenvalue weighted by atomic mass is 16.5. The molecule has 150 valence electrons. The molecule has 2 aromatic rings. The summed E-state index contributed by atoms with van der Waals surface area (Å²) < 4.78 is 5.84. The SMILES string of the molecule is CN(C)C[C@@]1(CO)CCCN(C(=O)Nc2cccc(Oc3ccccc3)c2)C1. The molecule has 0 unspecified atom stereocenters. The predicted octanol–water partition coefficient (Wildman–Crippen LogP) is 3.65. The molecule has 28 heavy (non-hydrogen) atoms. The molecule has 2 aromatic carbocycles. The molecule has 1 saturated heterocycles. The normalized spacial score (nSPS) is 19.5. The lowest BCUT2D eigenvalue weighted by atomic mass is 9.80. The van der Waals surface area contributed by atoms with Crippen molar-refractivity contribution in [3.05, 3.63) is 54.6 Å². The van der Waals surface area contributed by atoms with Crippen molar-refractivity contribution in [1.82, 2.24) is 9.80 Å². The van der Waals surface area contributed by atoms with Crippen molar-refractivity contribution < 1.29 is 14.6 Å². The average molecular weight is 383 g/mol. The summed E-state index contributed by atoms with van der Waals surface area (Å²) in [5.41, 5.74) is 0.420. The lowest BCUT2D eigenvalue weighted by molar-refractivity contribution is 0.0294. The Labute approximate surface area is 166 Å². The summed E-state index contributed by atoms with van der Waals surface area (Å²) in [4.78, 5) is 16.7. The fourth-order valence-electron chi connectivity index (χ4n) is 3.82. The van der Waals surface area contributed by atoms with Gasteiger partial charge in [-0.15, -0.1) is 0 Å². The molecule has 0 radical (unpaired) electrons. The highest BCUT2D eigenvalue weighted by Crippen LogP contribution is 2.31. The third-order valence-corrected chi connectivity index (χ3v) is 5.00. The first-order valence-electron chi connectivity index (χ1n) is 9.64. The second-order valence-corrected chi connectivity index (χ2v) is 7.79. The van der Waals surface area contributed by atoms with Crippen LogP contribution in [0.3, 0.4) is 0 Å². The van der Waals surface area contributed by atoms with Crippen LogP contribution in [0, 0.1) is 5.41 Å². The zero-order valence-electron chi connectivity index (χ0n) is 16.6. The summed E-state index contributed by atoms with van der Waals surface area (Å²) in [6.45, 7) is 2.08. The first-order valence-corrected chi connectivity index (χ1v) is 9.64. The van der Waals surface area contributed by atoms with Crippen molar-refractivity contribution in [2.45, 2.75) is 12.8 Å². The van der Waals surface area contributed by atoms with Gasteiger partial charge in [0.05, 0.1) is 6.61 Å². The van der Waals surface area contributed by atoms with Crippen molar-refractivity contribution in [3.63, 3.8) is 0 Å². The van der Waals surface area contributed by atoms with Gasteiger partial charge in [0, 0.05) is 36.8 Å². The number of anilines is 1. The van der Waals surface area contributed by atoms with E-state index in [-0.39, 0.29) is 18.1 Å². The number of hydrogen-bond donors (Lipinski definition) is 2. The van der Waals surface area contributed by atoms with E-state index in [1.807, 2.05) is 68.7 Å². The van der Waals surface area contributed by atoms with Crippen molar-refractivity contribution in [3.8, 4) is 11.5 Å². The minimum atomic E-state index is -0.267. The van der Waals surface area contributed by atoms with E-state index < -0.39 is 0 Å². The molecule has 1 heterocycles. The molecule has 2 N–H and O–H groups in total. The van der Waals surface area contributed by atoms with E-state index in [0.717, 1.165) is 25.1 Å². The minimum Gasteiger partial charge on any atom is -0.457 e. The van der Waals surface area contributed by atoms with Crippen LogP contribution in [0.4, 0.5) is 10.5 Å². The van der Waals surface area contributed by atoms with Gasteiger partial charge < -0.3 is 25.0 Å². The van der Waals surface area contributed by atoms with Crippen LogP contribution in [-0.4, -0.2) is 61.3 Å². The molecular formula is C22H29N3O3. The highest BCUT2D eigenvalue weighted by Gasteiger charge is 2.37. The number of para-hydroxylation sites is 1. The molecule has 6 heteroatoms. The number of ether oxygens (including phenoxy) is 1. The number of aliphatic hydroxyl groups is 1. The lowest BCUT2D eigenvalue weighted by Crippen LogP contribution is -2.52. The standard InChI is InChI=1S/C22H29N3O3/c1-24(2)15-22(17-26)12-7-13-25(16-22)21(27)23-18-8-6-11-20(14-18)28-19-9-4-3-5-10-19/h3-6,8-11,14,26H,7,12-13,15-17H2,1-2H3,(H,23,27)/t22-/m0/s1. The van der Waals surface area contributed by atoms with E-state index in [9.17, 15) is 9.90 Å². The van der Waals surface area contributed by atoms with Crippen molar-refractivity contribution in [2.75, 3.05) is 45.7 Å². The summed E-state index contributed by atoms with van der Waals surface area (Å²) in [7, 11) is 3.99. The maximum atomic E-state index is 12.8. The molecule has 3 rings (SSSR count). The van der Waals surface area contributed by atoms with Crippen LogP contribution >= 0.6 is 0 Å². The number of aliphatic hydroxyl groups excluding tert-OH is 1. The largest absolute Gasteiger partial charge is 0.457 e. The first-order chi connectivity index (χ1) is 13.5. The van der Waals surface area contributed by atoms with Gasteiger partial charge in [-0.1, -0.05) is 24.3 Å². The zero-order valence-corrected chi connectivity index (χ0v) is 16.6. The summed E-state index contributed by atoms with van der Waals surface area (Å²) in [6.07, 6.45) is 1.81. The first kappa shape index (κ1) is 20.2. The fraction of sp³-hybridized carbons (Fsp3) is 0.409. The summed E-state index contributed by atoms with van der Waals surface area (Å²) >= 11 is 0. The molecule has 0 spiro atoms. The second-order valence-electron chi connectivity index (χ2n) is 7.79. The molecule has 0 aromatic heterocycles. The number of likely N-dealkylation sites (tertiary alicyclic amines) is 1. The average Bonchev–Trinajstić information content (AvgIpc) is 2.69. The highest BCUT2D eigenvalue weighted by molar-refractivity contribution is 5.89. The van der Waals surface area contributed by atoms with Crippen LogP contribution in [0.25, 0.3) is 0 Å². The van der Waals surface area contributed by atoms with Gasteiger partial charge in [-0.2, -0.15) is 0 Å². The third kappa shape index (κ3) is 5.24. The van der Waals surface area contributed by atoms with E-state index in [2.05, 4.69) is 10.2 Å². The topological polar surface area (TPSA) is 65.0 Å². The van der Waals surface area contributed by atoms with Crippen LogP contribution in [0.5, 0.6) is 11.5 Å². The van der Waals surface area contributed by atoms with Crippen LogP contribution in [0.15, 0.2) is 54.6 Å². The number of benzene rings is 2. The Kier molecular flexibility index (Phi) is 6.54. The Morgan fingerprint density at radius 2 is 1.93 bits per heavy atom. The van der Waals surface area contributed by atoms with Crippen LogP contribution < -0.4 is 10.1 Å². The Morgan fingerprint density at radius 1 is 1.18 bits per heavy atom. The molecule has 0 saturated carbocycles. The number of nitrogens with one attached hydrogen (secondary N) is 1. The maximum absolute atomic E-state index is 12.8. The number of nitrogens with zero attached hydrogens (tertiary/aromatic N) is 2. The number of hydrogen-bond acceptors (Lipinski definition) is 4. The summed E-state index contributed by atoms with van der Waals surface area (Å²) in [6, 6.07) is 16.8. The van der Waals surface area contributed by atoms with E-state index in [1.54, 1.807) is 4.90 Å². The molecule has 6 nitrogen and oxygen atoms in total. The predicted molar refractivity (Wildman–Crippen MR) is 111 cm³/mol. The van der Waals surface area contributed by atoms with E-state index >= 15 is 0 Å². The minimum absolute atomic E-state index is 0.0787. The summed E-state index contributed by atoms with van der Waals surface area (Å²) in [5, 5.41) is 12.9. The van der Waals surface area contributed by atoms with Gasteiger partial charge in [0.1, 0.15) is 11.5 Å². The van der Waals surface area contributed by atoms with Gasteiger partial charge in [-0.25, -0.2) is 4.79 Å². The van der Waals surface area contributed by atoms with Crippen molar-refractivity contribution in [1.29, 1.82) is 0 Å². The van der Waals surface area contributed by atoms with Gasteiger partial charge in [0.15, 0.2) is 0 Å². The fourth-order valence-corrected chi connectivity index (χ4v) is 3.82. The van der Waals surface area contributed by atoms with Crippen LogP contribution in [0.2, 0.25) is 0 Å². The summed E-state index contributed by atoms with van der Waals surface area (Å²) in [5.74, 6) is 1.42. The Morgan fingerprint density at radius 3 is 2.64 bits per heavy atom. The molecule has 1 atom stereocenters. The number of amides is 2. The number of carbonyl (C=O) groups excluding carboxylic acids is 1. The lowest BCUT2D eigenvalue weighted by Gasteiger charge is -2.43. The Bertz CT molecular complexity index is 782. The molecule has 1 aliphatic rings. The van der Waals surface area contributed by atoms with E-state index in [1.165, 1.54) is 0 Å². The van der Waals surface area contributed by atoms with Crippen LogP contribution in [-0.2, 0) is 0 Å². The second kappa shape index (κ2) is 9.08. The smallest absolute Gasteiger partial charge is 0.321 e. The molecule has 2 amide bonds. The molecule has 0 aliphatic carbocycles. The van der Waals surface area contributed by atoms with Gasteiger partial charge in [-0.3, -0.25) is 0 Å². The Balaban J connectivity index is 1.65. The number of carbonyl (C=O) groups is 1.